The van der Waals surface area contributed by atoms with Crippen LogP contribution in [0.4, 0.5) is 0 Å². The first-order chi connectivity index (χ1) is 15.8. The van der Waals surface area contributed by atoms with Gasteiger partial charge in [-0.1, -0.05) is 30.7 Å². The molecule has 1 saturated heterocycles. The van der Waals surface area contributed by atoms with Gasteiger partial charge in [0.25, 0.3) is 0 Å². The van der Waals surface area contributed by atoms with Crippen LogP contribution in [0.2, 0.25) is 0 Å². The fourth-order valence-corrected chi connectivity index (χ4v) is 5.28. The Hall–Kier alpha value is -2.73. The summed E-state index contributed by atoms with van der Waals surface area (Å²) in [6.07, 6.45) is 3.95. The Morgan fingerprint density at radius 1 is 0.848 bits per heavy atom. The number of phenolic OH excluding ortho intramolecular Hbond substituents is 1. The average Bonchev–Trinajstić information content (AvgIpc) is 3.19. The third-order valence-corrected chi connectivity index (χ3v) is 7.03. The third-order valence-electron chi connectivity index (χ3n) is 5.83. The van der Waals surface area contributed by atoms with Crippen LogP contribution >= 0.6 is 23.7 Å². The molecule has 172 valence electrons. The second-order valence-corrected chi connectivity index (χ2v) is 9.18. The predicted molar refractivity (Wildman–Crippen MR) is 138 cm³/mol. The predicted octanol–water partition coefficient (Wildman–Crippen LogP) is 7.35. The molecule has 4 aromatic rings. The number of likely N-dealkylation sites (tertiary alicyclic amines) is 1. The van der Waals surface area contributed by atoms with Gasteiger partial charge in [-0.2, -0.15) is 0 Å². The molecule has 0 spiro atoms. The van der Waals surface area contributed by atoms with Crippen molar-refractivity contribution < 1.29 is 14.6 Å². The van der Waals surface area contributed by atoms with E-state index in [-0.39, 0.29) is 18.2 Å². The summed E-state index contributed by atoms with van der Waals surface area (Å²) in [5, 5.41) is 11.0. The van der Waals surface area contributed by atoms with Gasteiger partial charge in [-0.3, -0.25) is 4.90 Å². The van der Waals surface area contributed by atoms with Gasteiger partial charge in [0, 0.05) is 16.6 Å². The van der Waals surface area contributed by atoms with E-state index in [9.17, 15) is 5.11 Å². The molecule has 0 atom stereocenters. The van der Waals surface area contributed by atoms with Crippen LogP contribution in [0, 0.1) is 0 Å². The van der Waals surface area contributed by atoms with E-state index in [1.165, 1.54) is 32.4 Å². The van der Waals surface area contributed by atoms with Crippen molar-refractivity contribution in [2.45, 2.75) is 19.3 Å². The molecule has 0 aliphatic carbocycles. The van der Waals surface area contributed by atoms with E-state index in [2.05, 4.69) is 17.0 Å². The number of rotatable bonds is 7. The summed E-state index contributed by atoms with van der Waals surface area (Å²) in [7, 11) is 0. The number of piperidine rings is 1. The summed E-state index contributed by atoms with van der Waals surface area (Å²) < 4.78 is 13.5. The molecule has 1 aliphatic rings. The number of phenols is 1. The first-order valence-electron chi connectivity index (χ1n) is 11.2. The lowest BCUT2D eigenvalue weighted by atomic mass is 10.1. The maximum atomic E-state index is 9.96. The fraction of sp³-hybridized carbons (Fsp3) is 0.259. The van der Waals surface area contributed by atoms with Crippen molar-refractivity contribution in [1.82, 2.24) is 4.90 Å². The summed E-state index contributed by atoms with van der Waals surface area (Å²) in [4.78, 5) is 3.48. The van der Waals surface area contributed by atoms with Crippen molar-refractivity contribution in [2.75, 3.05) is 26.2 Å². The Labute approximate surface area is 204 Å². The van der Waals surface area contributed by atoms with Crippen molar-refractivity contribution in [1.29, 1.82) is 0 Å². The Balaban J connectivity index is 0.00000259. The van der Waals surface area contributed by atoms with E-state index in [1.54, 1.807) is 23.5 Å². The highest BCUT2D eigenvalue weighted by Gasteiger charge is 2.16. The average molecular weight is 482 g/mol. The molecule has 0 amide bonds. The third kappa shape index (κ3) is 5.61. The van der Waals surface area contributed by atoms with Crippen LogP contribution < -0.4 is 9.47 Å². The summed E-state index contributed by atoms with van der Waals surface area (Å²) >= 11 is 1.67. The van der Waals surface area contributed by atoms with Gasteiger partial charge < -0.3 is 14.6 Å². The monoisotopic (exact) mass is 481 g/mol. The zero-order valence-electron chi connectivity index (χ0n) is 18.4. The zero-order chi connectivity index (χ0) is 21.8. The maximum absolute atomic E-state index is 9.96. The lowest BCUT2D eigenvalue weighted by Gasteiger charge is -2.26. The molecular weight excluding hydrogens is 454 g/mol. The summed E-state index contributed by atoms with van der Waals surface area (Å²) in [6, 6.07) is 23.4. The van der Waals surface area contributed by atoms with Gasteiger partial charge in [-0.15, -0.1) is 23.7 Å². The molecule has 1 fully saturated rings. The van der Waals surface area contributed by atoms with E-state index in [0.717, 1.165) is 44.3 Å². The zero-order valence-corrected chi connectivity index (χ0v) is 20.0. The number of halogens is 1. The van der Waals surface area contributed by atoms with Crippen LogP contribution in [0.1, 0.15) is 19.3 Å². The SMILES string of the molecule is Cl.Oc1cccc(-c2sc3ccccc3c2Oc2ccc(OCCN3CCCCC3)cc2)c1. The topological polar surface area (TPSA) is 41.9 Å². The van der Waals surface area contributed by atoms with E-state index in [1.807, 2.05) is 48.5 Å². The highest BCUT2D eigenvalue weighted by atomic mass is 35.5. The number of benzene rings is 3. The van der Waals surface area contributed by atoms with Gasteiger partial charge in [0.1, 0.15) is 23.9 Å². The highest BCUT2D eigenvalue weighted by molar-refractivity contribution is 7.22. The van der Waals surface area contributed by atoms with E-state index >= 15 is 0 Å². The Bertz CT molecular complexity index is 1190. The molecule has 2 heterocycles. The van der Waals surface area contributed by atoms with E-state index in [4.69, 9.17) is 9.47 Å². The van der Waals surface area contributed by atoms with E-state index in [0.29, 0.717) is 6.61 Å². The number of thiophene rings is 1. The Morgan fingerprint density at radius 3 is 2.39 bits per heavy atom. The number of fused-ring (bicyclic) bond motifs is 1. The quantitative estimate of drug-likeness (QED) is 0.299. The molecule has 0 saturated carbocycles. The van der Waals surface area contributed by atoms with E-state index < -0.39 is 0 Å². The molecule has 5 rings (SSSR count). The van der Waals surface area contributed by atoms with Gasteiger partial charge in [0.05, 0.1) is 4.88 Å². The number of ether oxygens (including phenoxy) is 2. The van der Waals surface area contributed by atoms with Crippen molar-refractivity contribution in [2.24, 2.45) is 0 Å². The van der Waals surface area contributed by atoms with Crippen molar-refractivity contribution in [3.63, 3.8) is 0 Å². The number of hydrogen-bond acceptors (Lipinski definition) is 5. The Kier molecular flexibility index (Phi) is 7.76. The normalized spacial score (nSPS) is 14.1. The van der Waals surface area contributed by atoms with Crippen molar-refractivity contribution in [3.8, 4) is 33.4 Å². The first kappa shape index (κ1) is 23.4. The lowest BCUT2D eigenvalue weighted by molar-refractivity contribution is 0.183. The minimum Gasteiger partial charge on any atom is -0.508 e. The van der Waals surface area contributed by atoms with Crippen LogP contribution in [0.15, 0.2) is 72.8 Å². The Morgan fingerprint density at radius 2 is 1.61 bits per heavy atom. The van der Waals surface area contributed by atoms with Crippen molar-refractivity contribution in [3.05, 3.63) is 72.8 Å². The second-order valence-electron chi connectivity index (χ2n) is 8.13. The molecule has 0 radical (unpaired) electrons. The molecule has 33 heavy (non-hydrogen) atoms. The minimum atomic E-state index is 0. The molecular formula is C27H28ClNO3S. The first-order valence-corrected chi connectivity index (χ1v) is 12.0. The molecule has 3 aromatic carbocycles. The molecule has 1 N–H and O–H groups in total. The smallest absolute Gasteiger partial charge is 0.153 e. The standard InChI is InChI=1S/C27H27NO3S.ClH/c29-21-8-6-7-20(19-21)27-26(24-9-2-3-10-25(24)32-27)31-23-13-11-22(12-14-23)30-18-17-28-15-4-1-5-16-28;/h2-3,6-14,19,29H,1,4-5,15-18H2;1H. The molecule has 1 aliphatic heterocycles. The van der Waals surface area contributed by atoms with Gasteiger partial charge >= 0.3 is 0 Å². The number of hydrogen-bond donors (Lipinski definition) is 1. The van der Waals surface area contributed by atoms with Crippen LogP contribution in [0.3, 0.4) is 0 Å². The van der Waals surface area contributed by atoms with Gasteiger partial charge in [-0.05, 0) is 80.0 Å². The summed E-state index contributed by atoms with van der Waals surface area (Å²) in [5.74, 6) is 2.68. The minimum absolute atomic E-state index is 0. The summed E-state index contributed by atoms with van der Waals surface area (Å²) in [6.45, 7) is 4.06. The maximum Gasteiger partial charge on any atom is 0.153 e. The fourth-order valence-electron chi connectivity index (χ4n) is 4.16. The lowest BCUT2D eigenvalue weighted by Crippen LogP contribution is -2.33. The highest BCUT2D eigenvalue weighted by Crippen LogP contribution is 2.46. The van der Waals surface area contributed by atoms with Crippen LogP contribution in [0.25, 0.3) is 20.5 Å². The molecule has 4 nitrogen and oxygen atoms in total. The molecule has 1 aromatic heterocycles. The summed E-state index contributed by atoms with van der Waals surface area (Å²) in [5.41, 5.74) is 0.943. The largest absolute Gasteiger partial charge is 0.508 e. The van der Waals surface area contributed by atoms with Crippen molar-refractivity contribution >= 4 is 33.8 Å². The van der Waals surface area contributed by atoms with Crippen LogP contribution in [-0.4, -0.2) is 36.2 Å². The molecule has 6 heteroatoms. The molecule has 0 bridgehead atoms. The number of aromatic hydroxyl groups is 1. The van der Waals surface area contributed by atoms with Gasteiger partial charge in [0.2, 0.25) is 0 Å². The molecule has 0 unspecified atom stereocenters. The van der Waals surface area contributed by atoms with Crippen LogP contribution in [0.5, 0.6) is 23.0 Å². The second kappa shape index (κ2) is 10.9. The van der Waals surface area contributed by atoms with Gasteiger partial charge in [0.15, 0.2) is 5.75 Å². The number of nitrogens with zero attached hydrogens (tertiary/aromatic N) is 1. The van der Waals surface area contributed by atoms with Crippen LogP contribution in [-0.2, 0) is 0 Å². The van der Waals surface area contributed by atoms with Gasteiger partial charge in [-0.25, -0.2) is 0 Å².